The number of ether oxygens (including phenoxy) is 2. The summed E-state index contributed by atoms with van der Waals surface area (Å²) in [5.74, 6) is 2.25. The molecule has 4 rings (SSSR count). The predicted octanol–water partition coefficient (Wildman–Crippen LogP) is 4.24. The number of aromatic nitrogens is 3. The van der Waals surface area contributed by atoms with Gasteiger partial charge in [0.15, 0.2) is 0 Å². The van der Waals surface area contributed by atoms with Crippen molar-refractivity contribution in [3.8, 4) is 5.75 Å². The van der Waals surface area contributed by atoms with Crippen molar-refractivity contribution < 1.29 is 9.47 Å². The molecule has 8 nitrogen and oxygen atoms in total. The summed E-state index contributed by atoms with van der Waals surface area (Å²) in [6.07, 6.45) is 0. The summed E-state index contributed by atoms with van der Waals surface area (Å²) < 4.78 is 10.9. The molecule has 0 spiro atoms. The number of para-hydroxylation sites is 2. The number of anilines is 5. The van der Waals surface area contributed by atoms with E-state index in [9.17, 15) is 0 Å². The molecular formula is C22H27ClN6O2. The summed E-state index contributed by atoms with van der Waals surface area (Å²) in [7, 11) is 1.64. The van der Waals surface area contributed by atoms with Gasteiger partial charge < -0.3 is 25.0 Å². The number of morpholine rings is 1. The van der Waals surface area contributed by atoms with E-state index in [1.807, 2.05) is 24.3 Å². The maximum atomic E-state index is 5.47. The molecule has 0 saturated carbocycles. The molecule has 2 heterocycles. The third-order valence-corrected chi connectivity index (χ3v) is 4.75. The van der Waals surface area contributed by atoms with E-state index in [0.29, 0.717) is 31.1 Å². The molecule has 9 heteroatoms. The minimum Gasteiger partial charge on any atom is -0.495 e. The van der Waals surface area contributed by atoms with E-state index < -0.39 is 0 Å². The van der Waals surface area contributed by atoms with Gasteiger partial charge in [0.2, 0.25) is 17.8 Å². The summed E-state index contributed by atoms with van der Waals surface area (Å²) in [5.41, 5.74) is 4.08. The van der Waals surface area contributed by atoms with Gasteiger partial charge in [0.05, 0.1) is 26.0 Å². The molecule has 0 bridgehead atoms. The van der Waals surface area contributed by atoms with Gasteiger partial charge in [-0.1, -0.05) is 18.2 Å². The number of hydrogen-bond donors (Lipinski definition) is 2. The van der Waals surface area contributed by atoms with E-state index in [1.54, 1.807) is 7.11 Å². The highest BCUT2D eigenvalue weighted by atomic mass is 35.5. The molecule has 0 radical (unpaired) electrons. The molecule has 0 aliphatic carbocycles. The van der Waals surface area contributed by atoms with Gasteiger partial charge in [0, 0.05) is 18.8 Å². The smallest absolute Gasteiger partial charge is 0.233 e. The molecule has 0 amide bonds. The van der Waals surface area contributed by atoms with Crippen molar-refractivity contribution in [3.05, 3.63) is 53.6 Å². The van der Waals surface area contributed by atoms with Crippen LogP contribution in [0.1, 0.15) is 11.1 Å². The molecular weight excluding hydrogens is 416 g/mol. The Morgan fingerprint density at radius 1 is 0.903 bits per heavy atom. The van der Waals surface area contributed by atoms with Crippen molar-refractivity contribution in [1.82, 2.24) is 15.0 Å². The fourth-order valence-electron chi connectivity index (χ4n) is 3.43. The maximum Gasteiger partial charge on any atom is 0.233 e. The highest BCUT2D eigenvalue weighted by Gasteiger charge is 2.17. The minimum atomic E-state index is 0. The van der Waals surface area contributed by atoms with Crippen LogP contribution in [-0.2, 0) is 4.74 Å². The molecule has 2 N–H and O–H groups in total. The van der Waals surface area contributed by atoms with Gasteiger partial charge >= 0.3 is 0 Å². The van der Waals surface area contributed by atoms with Crippen LogP contribution >= 0.6 is 12.4 Å². The minimum absolute atomic E-state index is 0. The summed E-state index contributed by atoms with van der Waals surface area (Å²) >= 11 is 0. The standard InChI is InChI=1S/C22H26N6O2.ClH/c1-15-12-16(2)14-17(13-15)23-20-25-21(24-18-6-4-5-7-19(18)29-3)27-22(26-20)28-8-10-30-11-9-28;/h4-7,12-14H,8-11H2,1-3H3,(H2,23,24,25,26,27);1H. The van der Waals surface area contributed by atoms with Gasteiger partial charge in [0.1, 0.15) is 5.75 Å². The van der Waals surface area contributed by atoms with Crippen LogP contribution in [0.3, 0.4) is 0 Å². The number of benzene rings is 2. The van der Waals surface area contributed by atoms with E-state index in [0.717, 1.165) is 30.2 Å². The first kappa shape index (κ1) is 22.6. The Balaban J connectivity index is 0.00000272. The zero-order valence-electron chi connectivity index (χ0n) is 17.9. The lowest BCUT2D eigenvalue weighted by molar-refractivity contribution is 0.122. The zero-order valence-corrected chi connectivity index (χ0v) is 18.7. The molecule has 31 heavy (non-hydrogen) atoms. The molecule has 2 aromatic carbocycles. The SMILES string of the molecule is COc1ccccc1Nc1nc(Nc2cc(C)cc(C)c2)nc(N2CCOCC2)n1.Cl. The first-order valence-corrected chi connectivity index (χ1v) is 9.95. The molecule has 1 fully saturated rings. The normalized spacial score (nSPS) is 13.3. The lowest BCUT2D eigenvalue weighted by atomic mass is 10.1. The Bertz CT molecular complexity index is 1010. The van der Waals surface area contributed by atoms with Crippen LogP contribution < -0.4 is 20.3 Å². The molecule has 1 saturated heterocycles. The number of nitrogens with one attached hydrogen (secondary N) is 2. The Kier molecular flexibility index (Phi) is 7.49. The summed E-state index contributed by atoms with van der Waals surface area (Å²) in [5, 5.41) is 6.60. The number of methoxy groups -OCH3 is 1. The Morgan fingerprint density at radius 2 is 1.55 bits per heavy atom. The molecule has 1 aliphatic heterocycles. The summed E-state index contributed by atoms with van der Waals surface area (Å²) in [6.45, 7) is 6.92. The van der Waals surface area contributed by atoms with E-state index in [1.165, 1.54) is 11.1 Å². The topological polar surface area (TPSA) is 84.4 Å². The molecule has 0 atom stereocenters. The van der Waals surface area contributed by atoms with Gasteiger partial charge in [-0.15, -0.1) is 12.4 Å². The van der Waals surface area contributed by atoms with Crippen molar-refractivity contribution in [1.29, 1.82) is 0 Å². The van der Waals surface area contributed by atoms with Crippen molar-refractivity contribution in [2.75, 3.05) is 48.9 Å². The van der Waals surface area contributed by atoms with E-state index in [-0.39, 0.29) is 12.4 Å². The van der Waals surface area contributed by atoms with E-state index in [4.69, 9.17) is 9.47 Å². The maximum absolute atomic E-state index is 5.47. The lowest BCUT2D eigenvalue weighted by Crippen LogP contribution is -2.37. The monoisotopic (exact) mass is 442 g/mol. The quantitative estimate of drug-likeness (QED) is 0.586. The lowest BCUT2D eigenvalue weighted by Gasteiger charge is -2.27. The van der Waals surface area contributed by atoms with Crippen molar-refractivity contribution in [2.24, 2.45) is 0 Å². The highest BCUT2D eigenvalue weighted by Crippen LogP contribution is 2.27. The molecule has 0 unspecified atom stereocenters. The van der Waals surface area contributed by atoms with Crippen LogP contribution in [0.25, 0.3) is 0 Å². The van der Waals surface area contributed by atoms with Crippen molar-refractivity contribution in [2.45, 2.75) is 13.8 Å². The van der Waals surface area contributed by atoms with Crippen LogP contribution in [0, 0.1) is 13.8 Å². The second-order valence-electron chi connectivity index (χ2n) is 7.21. The number of nitrogens with zero attached hydrogens (tertiary/aromatic N) is 4. The van der Waals surface area contributed by atoms with Gasteiger partial charge in [-0.3, -0.25) is 0 Å². The fourth-order valence-corrected chi connectivity index (χ4v) is 3.43. The number of hydrogen-bond acceptors (Lipinski definition) is 8. The van der Waals surface area contributed by atoms with Gasteiger partial charge in [-0.2, -0.15) is 15.0 Å². The average molecular weight is 443 g/mol. The fraction of sp³-hybridized carbons (Fsp3) is 0.318. The Morgan fingerprint density at radius 3 is 2.23 bits per heavy atom. The predicted molar refractivity (Wildman–Crippen MR) is 126 cm³/mol. The van der Waals surface area contributed by atoms with Gasteiger partial charge in [0.25, 0.3) is 0 Å². The van der Waals surface area contributed by atoms with Crippen molar-refractivity contribution >= 4 is 41.6 Å². The third kappa shape index (κ3) is 5.74. The molecule has 1 aliphatic rings. The van der Waals surface area contributed by atoms with E-state index >= 15 is 0 Å². The van der Waals surface area contributed by atoms with Crippen LogP contribution in [0.5, 0.6) is 5.75 Å². The van der Waals surface area contributed by atoms with Gasteiger partial charge in [-0.05, 0) is 49.2 Å². The zero-order chi connectivity index (χ0) is 20.9. The molecule has 164 valence electrons. The second-order valence-corrected chi connectivity index (χ2v) is 7.21. The van der Waals surface area contributed by atoms with Crippen LogP contribution in [-0.4, -0.2) is 48.4 Å². The van der Waals surface area contributed by atoms with Crippen LogP contribution in [0.2, 0.25) is 0 Å². The van der Waals surface area contributed by atoms with E-state index in [2.05, 4.69) is 62.5 Å². The number of halogens is 1. The highest BCUT2D eigenvalue weighted by molar-refractivity contribution is 5.85. The summed E-state index contributed by atoms with van der Waals surface area (Å²) in [6, 6.07) is 13.9. The first-order valence-electron chi connectivity index (χ1n) is 9.95. The Labute approximate surface area is 188 Å². The first-order chi connectivity index (χ1) is 14.6. The third-order valence-electron chi connectivity index (χ3n) is 4.75. The largest absolute Gasteiger partial charge is 0.495 e. The van der Waals surface area contributed by atoms with Crippen LogP contribution in [0.4, 0.5) is 29.2 Å². The van der Waals surface area contributed by atoms with Crippen LogP contribution in [0.15, 0.2) is 42.5 Å². The van der Waals surface area contributed by atoms with Gasteiger partial charge in [-0.25, -0.2) is 0 Å². The van der Waals surface area contributed by atoms with Crippen molar-refractivity contribution in [3.63, 3.8) is 0 Å². The number of rotatable bonds is 6. The number of aryl methyl sites for hydroxylation is 2. The second kappa shape index (κ2) is 10.3. The summed E-state index contributed by atoms with van der Waals surface area (Å²) in [4.78, 5) is 16.0. The average Bonchev–Trinajstić information content (AvgIpc) is 2.74. The Hall–Kier alpha value is -3.10. The molecule has 3 aromatic rings. The molecule has 1 aromatic heterocycles.